The number of nitrogens with zero attached hydrogens (tertiary/aromatic N) is 2. The van der Waals surface area contributed by atoms with E-state index in [1.54, 1.807) is 14.2 Å². The number of benzene rings is 1. The number of aliphatic imine (C=N–C) groups is 1. The smallest absolute Gasteiger partial charge is 0.191 e. The molecule has 0 aliphatic heterocycles. The normalized spacial score (nSPS) is 11.6. The third kappa shape index (κ3) is 9.28. The molecule has 1 aromatic rings. The molecule has 0 aliphatic rings. The van der Waals surface area contributed by atoms with Gasteiger partial charge >= 0.3 is 0 Å². The van der Waals surface area contributed by atoms with E-state index in [1.807, 2.05) is 18.2 Å². The van der Waals surface area contributed by atoms with Crippen LogP contribution in [0.15, 0.2) is 23.2 Å². The average molecular weight is 395 g/mol. The van der Waals surface area contributed by atoms with Gasteiger partial charge in [0.2, 0.25) is 0 Å². The fraction of sp³-hybridized carbons (Fsp3) is 0.667. The van der Waals surface area contributed by atoms with Crippen molar-refractivity contribution in [3.05, 3.63) is 23.8 Å². The Kier molecular flexibility index (Phi) is 12.9. The highest BCUT2D eigenvalue weighted by Gasteiger charge is 2.07. The van der Waals surface area contributed by atoms with Crippen molar-refractivity contribution >= 4 is 5.96 Å². The summed E-state index contributed by atoms with van der Waals surface area (Å²) in [4.78, 5) is 6.98. The largest absolute Gasteiger partial charge is 0.493 e. The van der Waals surface area contributed by atoms with Crippen LogP contribution in [0.4, 0.5) is 0 Å². The van der Waals surface area contributed by atoms with Crippen LogP contribution in [-0.2, 0) is 11.3 Å². The van der Waals surface area contributed by atoms with Crippen molar-refractivity contribution in [1.82, 2.24) is 15.5 Å². The lowest BCUT2D eigenvalue weighted by Gasteiger charge is -2.19. The molecule has 0 aromatic heterocycles. The molecule has 0 radical (unpaired) electrons. The Labute approximate surface area is 170 Å². The summed E-state index contributed by atoms with van der Waals surface area (Å²) in [6.45, 7) is 12.9. The van der Waals surface area contributed by atoms with Gasteiger partial charge in [-0.25, -0.2) is 4.99 Å². The molecule has 160 valence electrons. The van der Waals surface area contributed by atoms with E-state index in [-0.39, 0.29) is 0 Å². The minimum Gasteiger partial charge on any atom is -0.493 e. The van der Waals surface area contributed by atoms with E-state index in [2.05, 4.69) is 41.3 Å². The molecule has 0 fully saturated rings. The summed E-state index contributed by atoms with van der Waals surface area (Å²) in [6.07, 6.45) is 0.939. The summed E-state index contributed by atoms with van der Waals surface area (Å²) in [5.41, 5.74) is 1.07. The number of nitrogens with one attached hydrogen (secondary N) is 2. The molecule has 0 amide bonds. The highest BCUT2D eigenvalue weighted by molar-refractivity contribution is 5.79. The minimum absolute atomic E-state index is 0.565. The van der Waals surface area contributed by atoms with Crippen LogP contribution in [0.2, 0.25) is 0 Å². The first-order valence-electron chi connectivity index (χ1n) is 10.2. The summed E-state index contributed by atoms with van der Waals surface area (Å²) in [5.74, 6) is 2.31. The molecule has 0 heterocycles. The van der Waals surface area contributed by atoms with Gasteiger partial charge < -0.3 is 29.7 Å². The quantitative estimate of drug-likeness (QED) is 0.287. The summed E-state index contributed by atoms with van der Waals surface area (Å²) < 4.78 is 16.5. The van der Waals surface area contributed by atoms with Crippen molar-refractivity contribution in [3.8, 4) is 11.5 Å². The Morgan fingerprint density at radius 1 is 1.04 bits per heavy atom. The van der Waals surface area contributed by atoms with E-state index in [1.165, 1.54) is 0 Å². The second-order valence-electron chi connectivity index (χ2n) is 6.33. The van der Waals surface area contributed by atoms with Gasteiger partial charge in [0.25, 0.3) is 0 Å². The van der Waals surface area contributed by atoms with Crippen LogP contribution in [0.25, 0.3) is 0 Å². The SMILES string of the molecule is CCNC(=NCc1ccc(OCCN(CC)CC)c(OC)c1)NCCCOC. The van der Waals surface area contributed by atoms with E-state index in [4.69, 9.17) is 14.2 Å². The zero-order chi connectivity index (χ0) is 20.6. The summed E-state index contributed by atoms with van der Waals surface area (Å²) >= 11 is 0. The van der Waals surface area contributed by atoms with Gasteiger partial charge in [0.1, 0.15) is 6.61 Å². The predicted molar refractivity (Wildman–Crippen MR) is 116 cm³/mol. The van der Waals surface area contributed by atoms with E-state index in [0.717, 1.165) is 68.8 Å². The van der Waals surface area contributed by atoms with Crippen molar-refractivity contribution in [1.29, 1.82) is 0 Å². The van der Waals surface area contributed by atoms with E-state index < -0.39 is 0 Å². The van der Waals surface area contributed by atoms with Gasteiger partial charge in [-0.2, -0.15) is 0 Å². The predicted octanol–water partition coefficient (Wildman–Crippen LogP) is 2.51. The lowest BCUT2D eigenvalue weighted by molar-refractivity contribution is 0.195. The van der Waals surface area contributed by atoms with Crippen LogP contribution in [0.3, 0.4) is 0 Å². The number of hydrogen-bond donors (Lipinski definition) is 2. The number of guanidine groups is 1. The van der Waals surface area contributed by atoms with Gasteiger partial charge in [-0.15, -0.1) is 0 Å². The molecule has 0 bridgehead atoms. The average Bonchev–Trinajstić information content (AvgIpc) is 2.72. The van der Waals surface area contributed by atoms with Crippen LogP contribution in [-0.4, -0.2) is 71.0 Å². The van der Waals surface area contributed by atoms with Crippen LogP contribution in [0.1, 0.15) is 32.8 Å². The molecule has 1 aromatic carbocycles. The number of likely N-dealkylation sites (N-methyl/N-ethyl adjacent to an activating group) is 1. The lowest BCUT2D eigenvalue weighted by Crippen LogP contribution is -2.38. The molecule has 0 spiro atoms. The third-order valence-corrected chi connectivity index (χ3v) is 4.37. The lowest BCUT2D eigenvalue weighted by atomic mass is 10.2. The minimum atomic E-state index is 0.565. The number of hydrogen-bond acceptors (Lipinski definition) is 5. The van der Waals surface area contributed by atoms with Crippen molar-refractivity contribution in [2.45, 2.75) is 33.7 Å². The van der Waals surface area contributed by atoms with Gasteiger partial charge in [-0.1, -0.05) is 19.9 Å². The maximum atomic E-state index is 5.92. The first kappa shape index (κ1) is 24.0. The molecule has 28 heavy (non-hydrogen) atoms. The second kappa shape index (κ2) is 15.0. The van der Waals surface area contributed by atoms with Crippen LogP contribution >= 0.6 is 0 Å². The topological polar surface area (TPSA) is 67.4 Å². The van der Waals surface area contributed by atoms with Gasteiger partial charge in [-0.3, -0.25) is 0 Å². The van der Waals surface area contributed by atoms with Gasteiger partial charge in [0.15, 0.2) is 17.5 Å². The van der Waals surface area contributed by atoms with Crippen LogP contribution in [0.5, 0.6) is 11.5 Å². The van der Waals surface area contributed by atoms with Crippen LogP contribution in [0, 0.1) is 0 Å². The van der Waals surface area contributed by atoms with Crippen molar-refractivity contribution in [2.75, 3.05) is 60.2 Å². The Morgan fingerprint density at radius 3 is 2.46 bits per heavy atom. The maximum Gasteiger partial charge on any atom is 0.191 e. The van der Waals surface area contributed by atoms with Crippen molar-refractivity contribution in [3.63, 3.8) is 0 Å². The number of methoxy groups -OCH3 is 2. The zero-order valence-electron chi connectivity index (χ0n) is 18.2. The molecule has 1 rings (SSSR count). The summed E-state index contributed by atoms with van der Waals surface area (Å²) in [5, 5.41) is 6.57. The molecule has 0 aliphatic carbocycles. The van der Waals surface area contributed by atoms with Crippen LogP contribution < -0.4 is 20.1 Å². The fourth-order valence-electron chi connectivity index (χ4n) is 2.69. The van der Waals surface area contributed by atoms with Crippen molar-refractivity contribution in [2.24, 2.45) is 4.99 Å². The highest BCUT2D eigenvalue weighted by Crippen LogP contribution is 2.28. The Morgan fingerprint density at radius 2 is 1.82 bits per heavy atom. The number of ether oxygens (including phenoxy) is 3. The summed E-state index contributed by atoms with van der Waals surface area (Å²) in [7, 11) is 3.38. The second-order valence-corrected chi connectivity index (χ2v) is 6.33. The molecule has 0 unspecified atom stereocenters. The molecule has 0 saturated heterocycles. The van der Waals surface area contributed by atoms with Gasteiger partial charge in [-0.05, 0) is 44.1 Å². The van der Waals surface area contributed by atoms with E-state index in [9.17, 15) is 0 Å². The number of rotatable bonds is 14. The molecule has 0 atom stereocenters. The first-order chi connectivity index (χ1) is 13.7. The molecule has 2 N–H and O–H groups in total. The maximum absolute atomic E-state index is 5.92. The monoisotopic (exact) mass is 394 g/mol. The fourth-order valence-corrected chi connectivity index (χ4v) is 2.69. The third-order valence-electron chi connectivity index (χ3n) is 4.37. The molecule has 7 nitrogen and oxygen atoms in total. The van der Waals surface area contributed by atoms with Gasteiger partial charge in [0, 0.05) is 33.4 Å². The summed E-state index contributed by atoms with van der Waals surface area (Å²) in [6, 6.07) is 5.99. The van der Waals surface area contributed by atoms with Gasteiger partial charge in [0.05, 0.1) is 13.7 Å². The molecule has 7 heteroatoms. The zero-order valence-corrected chi connectivity index (χ0v) is 18.2. The Hall–Kier alpha value is -1.99. The van der Waals surface area contributed by atoms with Crippen molar-refractivity contribution < 1.29 is 14.2 Å². The van der Waals surface area contributed by atoms with E-state index in [0.29, 0.717) is 13.2 Å². The Balaban J connectivity index is 2.64. The molecular weight excluding hydrogens is 356 g/mol. The highest BCUT2D eigenvalue weighted by atomic mass is 16.5. The standard InChI is InChI=1S/C21H38N4O3/c1-6-22-21(23-12-9-14-26-4)24-17-18-10-11-19(20(16-18)27-5)28-15-13-25(7-2)8-3/h10-11,16H,6-9,12-15,17H2,1-5H3,(H2,22,23,24). The Bertz CT molecular complexity index is 563. The van der Waals surface area contributed by atoms with E-state index >= 15 is 0 Å². The first-order valence-corrected chi connectivity index (χ1v) is 10.2. The molecular formula is C21H38N4O3. The molecule has 0 saturated carbocycles.